The molecule has 0 bridgehead atoms. The molecule has 2 N–H and O–H groups in total. The van der Waals surface area contributed by atoms with Crippen LogP contribution in [-0.4, -0.2) is 37.7 Å². The molecule has 2 rings (SSSR count). The summed E-state index contributed by atoms with van der Waals surface area (Å²) >= 11 is 0. The third-order valence-corrected chi connectivity index (χ3v) is 4.01. The van der Waals surface area contributed by atoms with Crippen molar-refractivity contribution >= 4 is 29.9 Å². The SMILES string of the molecule is CCNC(=NCc1cccnc1OCC)NCCc1cc(C)ccc1OC.I. The fraction of sp³-hybridized carbons (Fsp3) is 0.429. The van der Waals surface area contributed by atoms with Gasteiger partial charge in [-0.1, -0.05) is 23.8 Å². The maximum absolute atomic E-state index is 5.57. The molecular formula is C21H31IN4O2. The van der Waals surface area contributed by atoms with Crippen LogP contribution in [0.3, 0.4) is 0 Å². The van der Waals surface area contributed by atoms with Crippen molar-refractivity contribution in [1.82, 2.24) is 15.6 Å². The van der Waals surface area contributed by atoms with E-state index in [9.17, 15) is 0 Å². The minimum atomic E-state index is 0. The van der Waals surface area contributed by atoms with Crippen molar-refractivity contribution < 1.29 is 9.47 Å². The Morgan fingerprint density at radius 2 is 1.96 bits per heavy atom. The monoisotopic (exact) mass is 498 g/mol. The Balaban J connectivity index is 0.00000392. The molecular weight excluding hydrogens is 467 g/mol. The van der Waals surface area contributed by atoms with E-state index >= 15 is 0 Å². The predicted molar refractivity (Wildman–Crippen MR) is 125 cm³/mol. The van der Waals surface area contributed by atoms with Crippen LogP contribution >= 0.6 is 24.0 Å². The Kier molecular flexibility index (Phi) is 11.3. The first-order valence-electron chi connectivity index (χ1n) is 9.40. The molecule has 6 nitrogen and oxygen atoms in total. The first-order chi connectivity index (χ1) is 13.2. The van der Waals surface area contributed by atoms with Gasteiger partial charge in [0, 0.05) is 24.8 Å². The van der Waals surface area contributed by atoms with Crippen LogP contribution in [0.25, 0.3) is 0 Å². The molecule has 0 radical (unpaired) electrons. The van der Waals surface area contributed by atoms with E-state index in [2.05, 4.69) is 46.6 Å². The lowest BCUT2D eigenvalue weighted by Gasteiger charge is -2.14. The van der Waals surface area contributed by atoms with Crippen molar-refractivity contribution in [3.05, 3.63) is 53.2 Å². The summed E-state index contributed by atoms with van der Waals surface area (Å²) in [5, 5.41) is 6.66. The number of nitrogens with one attached hydrogen (secondary N) is 2. The molecule has 0 aliphatic carbocycles. The minimum absolute atomic E-state index is 0. The van der Waals surface area contributed by atoms with Gasteiger partial charge in [-0.15, -0.1) is 24.0 Å². The van der Waals surface area contributed by atoms with Gasteiger partial charge < -0.3 is 20.1 Å². The number of pyridine rings is 1. The summed E-state index contributed by atoms with van der Waals surface area (Å²) in [6, 6.07) is 10.1. The van der Waals surface area contributed by atoms with E-state index in [0.29, 0.717) is 19.0 Å². The average molecular weight is 498 g/mol. The molecule has 0 atom stereocenters. The lowest BCUT2D eigenvalue weighted by atomic mass is 10.1. The lowest BCUT2D eigenvalue weighted by Crippen LogP contribution is -2.38. The van der Waals surface area contributed by atoms with E-state index in [1.807, 2.05) is 25.1 Å². The first kappa shape index (κ1) is 24.0. The van der Waals surface area contributed by atoms with Gasteiger partial charge >= 0.3 is 0 Å². The van der Waals surface area contributed by atoms with E-state index < -0.39 is 0 Å². The normalized spacial score (nSPS) is 10.8. The van der Waals surface area contributed by atoms with E-state index in [-0.39, 0.29) is 24.0 Å². The number of benzene rings is 1. The third-order valence-electron chi connectivity index (χ3n) is 4.01. The molecule has 0 fully saturated rings. The highest BCUT2D eigenvalue weighted by molar-refractivity contribution is 14.0. The number of aliphatic imine (C=N–C) groups is 1. The Labute approximate surface area is 185 Å². The van der Waals surface area contributed by atoms with Crippen LogP contribution in [0.2, 0.25) is 0 Å². The number of ether oxygens (including phenoxy) is 2. The number of rotatable bonds is 9. The summed E-state index contributed by atoms with van der Waals surface area (Å²) in [6.07, 6.45) is 2.59. The van der Waals surface area contributed by atoms with Gasteiger partial charge in [0.2, 0.25) is 5.88 Å². The van der Waals surface area contributed by atoms with Gasteiger partial charge in [-0.05, 0) is 44.9 Å². The van der Waals surface area contributed by atoms with Crippen molar-refractivity contribution in [3.63, 3.8) is 0 Å². The number of aryl methyl sites for hydroxylation is 1. The fourth-order valence-corrected chi connectivity index (χ4v) is 2.74. The number of methoxy groups -OCH3 is 1. The third kappa shape index (κ3) is 7.53. The first-order valence-corrected chi connectivity index (χ1v) is 9.40. The highest BCUT2D eigenvalue weighted by atomic mass is 127. The number of aromatic nitrogens is 1. The van der Waals surface area contributed by atoms with Crippen molar-refractivity contribution in [1.29, 1.82) is 0 Å². The molecule has 0 saturated carbocycles. The van der Waals surface area contributed by atoms with Crippen LogP contribution in [0.5, 0.6) is 11.6 Å². The van der Waals surface area contributed by atoms with Crippen molar-refractivity contribution in [2.24, 2.45) is 4.99 Å². The van der Waals surface area contributed by atoms with Crippen molar-refractivity contribution in [3.8, 4) is 11.6 Å². The number of guanidine groups is 1. The molecule has 7 heteroatoms. The van der Waals surface area contributed by atoms with Gasteiger partial charge in [-0.2, -0.15) is 0 Å². The van der Waals surface area contributed by atoms with Crippen LogP contribution < -0.4 is 20.1 Å². The molecule has 0 spiro atoms. The molecule has 0 amide bonds. The highest BCUT2D eigenvalue weighted by Crippen LogP contribution is 2.19. The molecule has 0 saturated heterocycles. The molecule has 0 unspecified atom stereocenters. The zero-order valence-electron chi connectivity index (χ0n) is 17.1. The topological polar surface area (TPSA) is 67.8 Å². The maximum Gasteiger partial charge on any atom is 0.218 e. The fourth-order valence-electron chi connectivity index (χ4n) is 2.74. The molecule has 1 heterocycles. The van der Waals surface area contributed by atoms with E-state index in [1.165, 1.54) is 11.1 Å². The Hall–Kier alpha value is -2.03. The van der Waals surface area contributed by atoms with Crippen LogP contribution in [0.4, 0.5) is 0 Å². The van der Waals surface area contributed by atoms with Gasteiger partial charge in [0.05, 0.1) is 20.3 Å². The van der Waals surface area contributed by atoms with Gasteiger partial charge in [0.15, 0.2) is 5.96 Å². The Bertz CT molecular complexity index is 753. The summed E-state index contributed by atoms with van der Waals surface area (Å²) in [4.78, 5) is 8.94. The van der Waals surface area contributed by atoms with Crippen LogP contribution in [0, 0.1) is 6.92 Å². The maximum atomic E-state index is 5.57. The molecule has 1 aromatic heterocycles. The molecule has 0 aliphatic heterocycles. The van der Waals surface area contributed by atoms with E-state index in [4.69, 9.17) is 9.47 Å². The summed E-state index contributed by atoms with van der Waals surface area (Å²) in [6.45, 7) is 8.74. The minimum Gasteiger partial charge on any atom is -0.496 e. The van der Waals surface area contributed by atoms with E-state index in [0.717, 1.165) is 36.8 Å². The number of hydrogen-bond donors (Lipinski definition) is 2. The summed E-state index contributed by atoms with van der Waals surface area (Å²) in [7, 11) is 1.71. The van der Waals surface area contributed by atoms with Gasteiger partial charge in [-0.25, -0.2) is 9.98 Å². The predicted octanol–water partition coefficient (Wildman–Crippen LogP) is 3.71. The molecule has 1 aromatic carbocycles. The summed E-state index contributed by atoms with van der Waals surface area (Å²) in [5.41, 5.74) is 3.38. The number of hydrogen-bond acceptors (Lipinski definition) is 4. The highest BCUT2D eigenvalue weighted by Gasteiger charge is 2.06. The summed E-state index contributed by atoms with van der Waals surface area (Å²) in [5.74, 6) is 2.33. The second-order valence-electron chi connectivity index (χ2n) is 6.09. The molecule has 28 heavy (non-hydrogen) atoms. The molecule has 154 valence electrons. The van der Waals surface area contributed by atoms with Gasteiger partial charge in [0.25, 0.3) is 0 Å². The number of halogens is 1. The average Bonchev–Trinajstić information content (AvgIpc) is 2.67. The second kappa shape index (κ2) is 13.2. The van der Waals surface area contributed by atoms with Crippen LogP contribution in [0.1, 0.15) is 30.5 Å². The largest absolute Gasteiger partial charge is 0.496 e. The summed E-state index contributed by atoms with van der Waals surface area (Å²) < 4.78 is 11.0. The van der Waals surface area contributed by atoms with Gasteiger partial charge in [0.1, 0.15) is 5.75 Å². The second-order valence-corrected chi connectivity index (χ2v) is 6.09. The van der Waals surface area contributed by atoms with Crippen molar-refractivity contribution in [2.45, 2.75) is 33.7 Å². The molecule has 2 aromatic rings. The quantitative estimate of drug-likeness (QED) is 0.314. The standard InChI is InChI=1S/C21H30N4O2.HI/c1-5-22-21(25-15-18-8-7-12-23-20(18)27-6-2)24-13-11-17-14-16(3)9-10-19(17)26-4;/h7-10,12,14H,5-6,11,13,15H2,1-4H3,(H2,22,24,25);1H. The zero-order chi connectivity index (χ0) is 19.5. The Morgan fingerprint density at radius 3 is 2.68 bits per heavy atom. The smallest absolute Gasteiger partial charge is 0.218 e. The lowest BCUT2D eigenvalue weighted by molar-refractivity contribution is 0.323. The number of nitrogens with zero attached hydrogens (tertiary/aromatic N) is 2. The van der Waals surface area contributed by atoms with Crippen LogP contribution in [0.15, 0.2) is 41.5 Å². The zero-order valence-corrected chi connectivity index (χ0v) is 19.4. The van der Waals surface area contributed by atoms with Crippen molar-refractivity contribution in [2.75, 3.05) is 26.8 Å². The van der Waals surface area contributed by atoms with E-state index in [1.54, 1.807) is 13.3 Å². The van der Waals surface area contributed by atoms with Gasteiger partial charge in [-0.3, -0.25) is 0 Å². The van der Waals surface area contributed by atoms with Crippen LogP contribution in [-0.2, 0) is 13.0 Å². The molecule has 0 aliphatic rings. The Morgan fingerprint density at radius 1 is 1.14 bits per heavy atom.